The fourth-order valence-electron chi connectivity index (χ4n) is 4.95. The molecular weight excluding hydrogens is 468 g/mol. The van der Waals surface area contributed by atoms with Gasteiger partial charge < -0.3 is 19.8 Å². The summed E-state index contributed by atoms with van der Waals surface area (Å²) in [5.41, 5.74) is 5.13. The van der Waals surface area contributed by atoms with E-state index in [1.54, 1.807) is 11.1 Å². The molecule has 7 heteroatoms. The Morgan fingerprint density at radius 1 is 1.08 bits per heavy atom. The highest BCUT2D eigenvalue weighted by Gasteiger charge is 2.28. The van der Waals surface area contributed by atoms with Crippen molar-refractivity contribution in [1.29, 1.82) is 0 Å². The van der Waals surface area contributed by atoms with Crippen molar-refractivity contribution in [1.82, 2.24) is 9.80 Å². The smallest absolute Gasteiger partial charge is 0.414 e. The molecule has 0 aromatic heterocycles. The average Bonchev–Trinajstić information content (AvgIpc) is 2.84. The van der Waals surface area contributed by atoms with E-state index in [9.17, 15) is 0 Å². The lowest BCUT2D eigenvalue weighted by Crippen LogP contribution is -2.29. The monoisotopic (exact) mass is 518 g/mol. The van der Waals surface area contributed by atoms with E-state index in [1.165, 1.54) is 37.7 Å². The Kier molecular flexibility index (Phi) is 14.5. The molecule has 37 heavy (non-hydrogen) atoms. The van der Waals surface area contributed by atoms with Crippen molar-refractivity contribution in [2.24, 2.45) is 5.41 Å². The van der Waals surface area contributed by atoms with Gasteiger partial charge in [-0.2, -0.15) is 0 Å². The molecule has 1 unspecified atom stereocenters. The zero-order chi connectivity index (χ0) is 28.0. The van der Waals surface area contributed by atoms with E-state index < -0.39 is 11.9 Å². The third-order valence-corrected chi connectivity index (χ3v) is 7.57. The van der Waals surface area contributed by atoms with Crippen molar-refractivity contribution in [2.75, 3.05) is 33.3 Å². The standard InChI is InChI=1S/C28H48N2O.C2H2O4/c1-8-30(9-2)20-11-21-31-26-16-14-25(15-17-26)22-29(7)24(4)13-18-27-23(3)12-10-19-28(27,5)6;3-1(4)2(5)6/h14-17,24H,8-13,18-22H2,1-7H3;(H,3,4)(H,5,6). The van der Waals surface area contributed by atoms with Gasteiger partial charge in [-0.1, -0.05) is 51.0 Å². The molecule has 0 heterocycles. The summed E-state index contributed by atoms with van der Waals surface area (Å²) in [6.45, 7) is 19.2. The van der Waals surface area contributed by atoms with Crippen LogP contribution in [0.15, 0.2) is 35.4 Å². The molecule has 0 radical (unpaired) electrons. The zero-order valence-electron chi connectivity index (χ0n) is 24.2. The van der Waals surface area contributed by atoms with E-state index in [-0.39, 0.29) is 0 Å². The largest absolute Gasteiger partial charge is 0.494 e. The lowest BCUT2D eigenvalue weighted by molar-refractivity contribution is -0.159. The number of rotatable bonds is 13. The summed E-state index contributed by atoms with van der Waals surface area (Å²) in [5, 5.41) is 14.8. The number of aliphatic carboxylic acids is 2. The number of carboxylic acids is 2. The summed E-state index contributed by atoms with van der Waals surface area (Å²) < 4.78 is 5.94. The molecule has 1 atom stereocenters. The Labute approximate surface area is 224 Å². The number of ether oxygens (including phenoxy) is 1. The maximum Gasteiger partial charge on any atom is 0.414 e. The Bertz CT molecular complexity index is 847. The predicted molar refractivity (Wildman–Crippen MR) is 150 cm³/mol. The van der Waals surface area contributed by atoms with Gasteiger partial charge in [-0.25, -0.2) is 9.59 Å². The van der Waals surface area contributed by atoms with Crippen molar-refractivity contribution in [2.45, 2.75) is 92.7 Å². The molecule has 2 rings (SSSR count). The maximum atomic E-state index is 9.10. The normalized spacial score (nSPS) is 15.8. The van der Waals surface area contributed by atoms with Gasteiger partial charge >= 0.3 is 11.9 Å². The van der Waals surface area contributed by atoms with Crippen molar-refractivity contribution in [3.63, 3.8) is 0 Å². The molecular formula is C30H50N2O5. The number of benzene rings is 1. The fraction of sp³-hybridized carbons (Fsp3) is 0.667. The topological polar surface area (TPSA) is 90.3 Å². The van der Waals surface area contributed by atoms with Crippen LogP contribution in [0.4, 0.5) is 0 Å². The highest BCUT2D eigenvalue weighted by atomic mass is 16.5. The second kappa shape index (κ2) is 16.5. The maximum absolute atomic E-state index is 9.10. The number of hydrogen-bond acceptors (Lipinski definition) is 5. The van der Waals surface area contributed by atoms with Crippen molar-refractivity contribution < 1.29 is 24.5 Å². The minimum atomic E-state index is -1.82. The molecule has 1 aromatic carbocycles. The minimum absolute atomic E-state index is 0.391. The first-order valence-electron chi connectivity index (χ1n) is 13.7. The number of carboxylic acid groups (broad SMARTS) is 2. The molecule has 0 bridgehead atoms. The molecule has 1 aliphatic carbocycles. The minimum Gasteiger partial charge on any atom is -0.494 e. The van der Waals surface area contributed by atoms with E-state index in [0.717, 1.165) is 45.0 Å². The van der Waals surface area contributed by atoms with Crippen LogP contribution in [0.1, 0.15) is 85.6 Å². The van der Waals surface area contributed by atoms with E-state index in [4.69, 9.17) is 24.5 Å². The van der Waals surface area contributed by atoms with Gasteiger partial charge in [0.2, 0.25) is 0 Å². The van der Waals surface area contributed by atoms with Crippen molar-refractivity contribution in [3.05, 3.63) is 41.0 Å². The molecule has 2 N–H and O–H groups in total. The molecule has 0 fully saturated rings. The van der Waals surface area contributed by atoms with E-state index >= 15 is 0 Å². The quantitative estimate of drug-likeness (QED) is 0.186. The second-order valence-electron chi connectivity index (χ2n) is 10.8. The summed E-state index contributed by atoms with van der Waals surface area (Å²) in [6, 6.07) is 9.28. The first-order chi connectivity index (χ1) is 17.4. The van der Waals surface area contributed by atoms with Gasteiger partial charge in [-0.05, 0) is 95.6 Å². The van der Waals surface area contributed by atoms with Crippen molar-refractivity contribution in [3.8, 4) is 5.75 Å². The van der Waals surface area contributed by atoms with Crippen LogP contribution in [0, 0.1) is 5.41 Å². The van der Waals surface area contributed by atoms with Gasteiger partial charge in [0, 0.05) is 19.1 Å². The van der Waals surface area contributed by atoms with Crippen LogP contribution in [0.2, 0.25) is 0 Å². The summed E-state index contributed by atoms with van der Waals surface area (Å²) in [4.78, 5) is 23.1. The van der Waals surface area contributed by atoms with E-state index in [1.807, 2.05) is 0 Å². The molecule has 0 spiro atoms. The molecule has 1 aliphatic rings. The SMILES string of the molecule is CCN(CC)CCCOc1ccc(CN(C)C(C)CCC2=C(C)CCCC2(C)C)cc1.O=C(O)C(=O)O. The lowest BCUT2D eigenvalue weighted by Gasteiger charge is -2.36. The summed E-state index contributed by atoms with van der Waals surface area (Å²) in [7, 11) is 2.26. The van der Waals surface area contributed by atoms with E-state index in [2.05, 4.69) is 82.7 Å². The third kappa shape index (κ3) is 12.1. The van der Waals surface area contributed by atoms with Gasteiger partial charge in [0.1, 0.15) is 5.75 Å². The number of carbonyl (C=O) groups is 2. The summed E-state index contributed by atoms with van der Waals surface area (Å²) in [5.74, 6) is -2.66. The Balaban J connectivity index is 0.00000102. The molecule has 0 saturated carbocycles. The lowest BCUT2D eigenvalue weighted by atomic mass is 9.71. The Morgan fingerprint density at radius 2 is 1.68 bits per heavy atom. The van der Waals surface area contributed by atoms with Crippen LogP contribution in [-0.2, 0) is 16.1 Å². The first-order valence-corrected chi connectivity index (χ1v) is 13.7. The highest BCUT2D eigenvalue weighted by molar-refractivity contribution is 6.27. The van der Waals surface area contributed by atoms with Gasteiger partial charge in [0.25, 0.3) is 0 Å². The summed E-state index contributed by atoms with van der Waals surface area (Å²) >= 11 is 0. The number of hydrogen-bond donors (Lipinski definition) is 2. The third-order valence-electron chi connectivity index (χ3n) is 7.57. The van der Waals surface area contributed by atoms with Crippen LogP contribution in [0.5, 0.6) is 5.75 Å². The first kappa shape index (κ1) is 32.6. The average molecular weight is 519 g/mol. The Hall–Kier alpha value is -2.38. The number of allylic oxidation sites excluding steroid dienone is 2. The second-order valence-corrected chi connectivity index (χ2v) is 10.8. The number of nitrogens with zero attached hydrogens (tertiary/aromatic N) is 2. The molecule has 1 aromatic rings. The van der Waals surface area contributed by atoms with Crippen molar-refractivity contribution >= 4 is 11.9 Å². The summed E-state index contributed by atoms with van der Waals surface area (Å²) in [6.07, 6.45) is 7.55. The van der Waals surface area contributed by atoms with Gasteiger partial charge in [-0.15, -0.1) is 0 Å². The van der Waals surface area contributed by atoms with E-state index in [0.29, 0.717) is 11.5 Å². The zero-order valence-corrected chi connectivity index (χ0v) is 24.2. The van der Waals surface area contributed by atoms with Crippen LogP contribution < -0.4 is 4.74 Å². The van der Waals surface area contributed by atoms with Gasteiger partial charge in [0.05, 0.1) is 6.61 Å². The Morgan fingerprint density at radius 3 is 2.19 bits per heavy atom. The van der Waals surface area contributed by atoms with Gasteiger partial charge in [-0.3, -0.25) is 4.90 Å². The fourth-order valence-corrected chi connectivity index (χ4v) is 4.95. The van der Waals surface area contributed by atoms with Crippen LogP contribution in [0.25, 0.3) is 0 Å². The van der Waals surface area contributed by atoms with Gasteiger partial charge in [0.15, 0.2) is 0 Å². The molecule has 210 valence electrons. The van der Waals surface area contributed by atoms with Crippen LogP contribution >= 0.6 is 0 Å². The molecule has 7 nitrogen and oxygen atoms in total. The molecule has 0 saturated heterocycles. The molecule has 0 aliphatic heterocycles. The predicted octanol–water partition coefficient (Wildman–Crippen LogP) is 6.08. The molecule has 0 amide bonds. The van der Waals surface area contributed by atoms with Crippen LogP contribution in [0.3, 0.4) is 0 Å². The van der Waals surface area contributed by atoms with Crippen LogP contribution in [-0.4, -0.2) is 71.3 Å². The highest BCUT2D eigenvalue weighted by Crippen LogP contribution is 2.42.